The minimum Gasteiger partial charge on any atom is -0.368 e. The summed E-state index contributed by atoms with van der Waals surface area (Å²) in [5.74, 6) is -0.283. The molecular formula is C13H22N2OS. The first-order chi connectivity index (χ1) is 7.80. The number of rotatable bonds is 5. The normalized spacial score (nSPS) is 15.5. The van der Waals surface area contributed by atoms with Crippen molar-refractivity contribution in [3.05, 3.63) is 22.4 Å². The summed E-state index contributed by atoms with van der Waals surface area (Å²) in [6.07, 6.45) is 0.920. The molecule has 4 heteroatoms. The largest absolute Gasteiger partial charge is 0.368 e. The lowest BCUT2D eigenvalue weighted by molar-refractivity contribution is -0.122. The fourth-order valence-electron chi connectivity index (χ4n) is 1.86. The second kappa shape index (κ2) is 5.65. The number of primary amides is 1. The first kappa shape index (κ1) is 14.2. The number of nitrogens with one attached hydrogen (secondary N) is 1. The zero-order valence-electron chi connectivity index (χ0n) is 11.0. The highest BCUT2D eigenvalue weighted by atomic mass is 32.1. The van der Waals surface area contributed by atoms with Gasteiger partial charge in [0.1, 0.15) is 0 Å². The van der Waals surface area contributed by atoms with E-state index in [0.29, 0.717) is 0 Å². The van der Waals surface area contributed by atoms with Crippen molar-refractivity contribution in [1.82, 2.24) is 5.32 Å². The van der Waals surface area contributed by atoms with Gasteiger partial charge in [-0.2, -0.15) is 11.3 Å². The van der Waals surface area contributed by atoms with Crippen LogP contribution in [0.4, 0.5) is 0 Å². The molecule has 3 N–H and O–H groups in total. The molecule has 0 aliphatic heterocycles. The molecule has 0 spiro atoms. The Morgan fingerprint density at radius 2 is 2.18 bits per heavy atom. The lowest BCUT2D eigenvalue weighted by Crippen LogP contribution is -2.53. The van der Waals surface area contributed by atoms with E-state index in [9.17, 15) is 4.79 Å². The average Bonchev–Trinajstić information content (AvgIpc) is 2.64. The molecular weight excluding hydrogens is 232 g/mol. The molecule has 2 atom stereocenters. The lowest BCUT2D eigenvalue weighted by Gasteiger charge is -2.31. The zero-order chi connectivity index (χ0) is 13.1. The van der Waals surface area contributed by atoms with Crippen LogP contribution in [0.3, 0.4) is 0 Å². The minimum absolute atomic E-state index is 0.158. The van der Waals surface area contributed by atoms with E-state index in [4.69, 9.17) is 5.73 Å². The van der Waals surface area contributed by atoms with E-state index in [1.54, 1.807) is 11.3 Å². The Morgan fingerprint density at radius 3 is 2.59 bits per heavy atom. The number of thiophene rings is 1. The predicted octanol–water partition coefficient (Wildman–Crippen LogP) is 2.17. The molecule has 0 saturated carbocycles. The molecule has 1 heterocycles. The third kappa shape index (κ3) is 4.48. The summed E-state index contributed by atoms with van der Waals surface area (Å²) in [5, 5.41) is 7.53. The van der Waals surface area contributed by atoms with Gasteiger partial charge in [0, 0.05) is 6.04 Å². The lowest BCUT2D eigenvalue weighted by atomic mass is 9.85. The fourth-order valence-corrected chi connectivity index (χ4v) is 2.55. The van der Waals surface area contributed by atoms with E-state index in [2.05, 4.69) is 29.1 Å². The number of carbonyl (C=O) groups is 1. The summed E-state index contributed by atoms with van der Waals surface area (Å²) in [6.45, 7) is 8.14. The van der Waals surface area contributed by atoms with Crippen molar-refractivity contribution in [2.24, 2.45) is 11.1 Å². The van der Waals surface area contributed by atoms with Gasteiger partial charge in [-0.15, -0.1) is 0 Å². The molecule has 0 radical (unpaired) electrons. The first-order valence-electron chi connectivity index (χ1n) is 5.87. The van der Waals surface area contributed by atoms with Gasteiger partial charge in [-0.05, 0) is 41.1 Å². The Hall–Kier alpha value is -0.870. The first-order valence-corrected chi connectivity index (χ1v) is 6.81. The predicted molar refractivity (Wildman–Crippen MR) is 73.1 cm³/mol. The number of hydrogen-bond acceptors (Lipinski definition) is 3. The van der Waals surface area contributed by atoms with Crippen LogP contribution < -0.4 is 11.1 Å². The summed E-state index contributed by atoms with van der Waals surface area (Å²) >= 11 is 1.69. The number of nitrogens with two attached hydrogens (primary N) is 1. The minimum atomic E-state index is -0.295. The van der Waals surface area contributed by atoms with Crippen LogP contribution >= 0.6 is 11.3 Å². The molecule has 1 rings (SSSR count). The van der Waals surface area contributed by atoms with Crippen molar-refractivity contribution >= 4 is 17.2 Å². The molecule has 0 unspecified atom stereocenters. The van der Waals surface area contributed by atoms with Gasteiger partial charge in [0.2, 0.25) is 5.91 Å². The summed E-state index contributed by atoms with van der Waals surface area (Å²) in [5.41, 5.74) is 6.59. The van der Waals surface area contributed by atoms with Gasteiger partial charge < -0.3 is 11.1 Å². The third-order valence-corrected chi connectivity index (χ3v) is 3.46. The van der Waals surface area contributed by atoms with Crippen LogP contribution in [0.2, 0.25) is 0 Å². The highest BCUT2D eigenvalue weighted by Crippen LogP contribution is 2.20. The molecule has 1 aromatic heterocycles. The van der Waals surface area contributed by atoms with Gasteiger partial charge in [-0.1, -0.05) is 20.8 Å². The SMILES string of the molecule is C[C@@H](Cc1ccsc1)N[C@H](C(N)=O)C(C)(C)C. The van der Waals surface area contributed by atoms with E-state index in [1.165, 1.54) is 5.56 Å². The van der Waals surface area contributed by atoms with Gasteiger partial charge in [0.25, 0.3) is 0 Å². The Kier molecular flexibility index (Phi) is 4.71. The van der Waals surface area contributed by atoms with Crippen molar-refractivity contribution in [3.63, 3.8) is 0 Å². The van der Waals surface area contributed by atoms with Crippen LogP contribution in [-0.2, 0) is 11.2 Å². The number of hydrogen-bond donors (Lipinski definition) is 2. The van der Waals surface area contributed by atoms with Crippen LogP contribution in [0.25, 0.3) is 0 Å². The molecule has 0 aliphatic rings. The molecule has 17 heavy (non-hydrogen) atoms. The smallest absolute Gasteiger partial charge is 0.235 e. The topological polar surface area (TPSA) is 55.1 Å². The zero-order valence-corrected chi connectivity index (χ0v) is 11.8. The van der Waals surface area contributed by atoms with Crippen LogP contribution in [-0.4, -0.2) is 18.0 Å². The van der Waals surface area contributed by atoms with Crippen LogP contribution in [0, 0.1) is 5.41 Å². The maximum absolute atomic E-state index is 11.4. The Morgan fingerprint density at radius 1 is 1.53 bits per heavy atom. The van der Waals surface area contributed by atoms with Crippen molar-refractivity contribution < 1.29 is 4.79 Å². The molecule has 1 aromatic rings. The summed E-state index contributed by atoms with van der Waals surface area (Å²) < 4.78 is 0. The van der Waals surface area contributed by atoms with Gasteiger partial charge >= 0.3 is 0 Å². The molecule has 0 bridgehead atoms. The Balaban J connectivity index is 2.59. The molecule has 0 saturated heterocycles. The Labute approximate surface area is 107 Å². The summed E-state index contributed by atoms with van der Waals surface area (Å²) in [4.78, 5) is 11.4. The van der Waals surface area contributed by atoms with Crippen molar-refractivity contribution in [1.29, 1.82) is 0 Å². The summed E-state index contributed by atoms with van der Waals surface area (Å²) in [6, 6.07) is 2.05. The summed E-state index contributed by atoms with van der Waals surface area (Å²) in [7, 11) is 0. The highest BCUT2D eigenvalue weighted by Gasteiger charge is 2.30. The quantitative estimate of drug-likeness (QED) is 0.846. The molecule has 0 aromatic carbocycles. The maximum Gasteiger partial charge on any atom is 0.235 e. The molecule has 96 valence electrons. The van der Waals surface area contributed by atoms with E-state index >= 15 is 0 Å². The number of amides is 1. The maximum atomic E-state index is 11.4. The van der Waals surface area contributed by atoms with Crippen LogP contribution in [0.1, 0.15) is 33.3 Å². The second-order valence-corrected chi connectivity index (χ2v) is 6.38. The van der Waals surface area contributed by atoms with E-state index in [-0.39, 0.29) is 23.4 Å². The standard InChI is InChI=1S/C13H22N2OS/c1-9(7-10-5-6-17-8-10)15-11(12(14)16)13(2,3)4/h5-6,8-9,11,15H,7H2,1-4H3,(H2,14,16)/t9-,11+/m0/s1. The van der Waals surface area contributed by atoms with Crippen molar-refractivity contribution in [2.75, 3.05) is 0 Å². The monoisotopic (exact) mass is 254 g/mol. The van der Waals surface area contributed by atoms with E-state index in [0.717, 1.165) is 6.42 Å². The van der Waals surface area contributed by atoms with Crippen LogP contribution in [0.15, 0.2) is 16.8 Å². The van der Waals surface area contributed by atoms with Gasteiger partial charge in [0.05, 0.1) is 6.04 Å². The van der Waals surface area contributed by atoms with Gasteiger partial charge in [-0.25, -0.2) is 0 Å². The van der Waals surface area contributed by atoms with Crippen molar-refractivity contribution in [2.45, 2.75) is 46.2 Å². The molecule has 3 nitrogen and oxygen atoms in total. The second-order valence-electron chi connectivity index (χ2n) is 5.60. The highest BCUT2D eigenvalue weighted by molar-refractivity contribution is 7.07. The molecule has 1 amide bonds. The number of carbonyl (C=O) groups excluding carboxylic acids is 1. The Bertz CT molecular complexity index is 354. The average molecular weight is 254 g/mol. The van der Waals surface area contributed by atoms with Crippen LogP contribution in [0.5, 0.6) is 0 Å². The van der Waals surface area contributed by atoms with Gasteiger partial charge in [0.15, 0.2) is 0 Å². The fraction of sp³-hybridized carbons (Fsp3) is 0.615. The van der Waals surface area contributed by atoms with E-state index < -0.39 is 0 Å². The van der Waals surface area contributed by atoms with Crippen molar-refractivity contribution in [3.8, 4) is 0 Å². The molecule has 0 aliphatic carbocycles. The van der Waals surface area contributed by atoms with E-state index in [1.807, 2.05) is 20.8 Å². The molecule has 0 fully saturated rings. The van der Waals surface area contributed by atoms with Gasteiger partial charge in [-0.3, -0.25) is 4.79 Å². The third-order valence-electron chi connectivity index (χ3n) is 2.72.